The van der Waals surface area contributed by atoms with Gasteiger partial charge in [-0.05, 0) is 35.7 Å². The fraction of sp³-hybridized carbons (Fsp3) is 0.211. The number of nitrogens with one attached hydrogen (secondary N) is 3. The van der Waals surface area contributed by atoms with Gasteiger partial charge in [0.15, 0.2) is 0 Å². The van der Waals surface area contributed by atoms with Crippen LogP contribution in [0.3, 0.4) is 0 Å². The summed E-state index contributed by atoms with van der Waals surface area (Å²) in [6.45, 7) is 0. The number of hydrogen-bond acceptors (Lipinski definition) is 2. The Balaban J connectivity index is 1.90. The van der Waals surface area contributed by atoms with Gasteiger partial charge in [0.2, 0.25) is 5.91 Å². The molecule has 0 spiro atoms. The standard InChI is InChI=1S/C19H17Cl2N3O/c1-22-19(25)16-9-13-11-4-2-3-5-15(11)23-18(13)17(24-16)12-7-6-10(20)8-14(12)21/h2-8,16-17,23-24H,9H2,1H3,(H,22,25)/t16-,17+/m1/s1. The number of halogens is 2. The van der Waals surface area contributed by atoms with Gasteiger partial charge < -0.3 is 10.3 Å². The summed E-state index contributed by atoms with van der Waals surface area (Å²) in [6, 6.07) is 13.1. The zero-order valence-corrected chi connectivity index (χ0v) is 15.1. The third-order valence-electron chi connectivity index (χ3n) is 4.75. The SMILES string of the molecule is CNC(=O)[C@H]1Cc2c([nH]c3ccccc23)[C@H](c2ccc(Cl)cc2Cl)N1. The van der Waals surface area contributed by atoms with E-state index in [1.807, 2.05) is 30.3 Å². The van der Waals surface area contributed by atoms with Crippen LogP contribution in [-0.2, 0) is 11.2 Å². The second kappa shape index (κ2) is 6.37. The molecule has 0 aliphatic carbocycles. The molecule has 0 saturated carbocycles. The van der Waals surface area contributed by atoms with Crippen LogP contribution in [0.5, 0.6) is 0 Å². The number of H-pyrrole nitrogens is 1. The highest BCUT2D eigenvalue weighted by Crippen LogP contribution is 2.38. The van der Waals surface area contributed by atoms with Crippen LogP contribution in [0.1, 0.15) is 22.9 Å². The van der Waals surface area contributed by atoms with E-state index in [-0.39, 0.29) is 18.0 Å². The third kappa shape index (κ3) is 2.80. The van der Waals surface area contributed by atoms with Crippen LogP contribution in [0.15, 0.2) is 42.5 Å². The van der Waals surface area contributed by atoms with E-state index in [0.29, 0.717) is 16.5 Å². The Morgan fingerprint density at radius 2 is 2.00 bits per heavy atom. The van der Waals surface area contributed by atoms with Crippen LogP contribution in [0.25, 0.3) is 10.9 Å². The topological polar surface area (TPSA) is 56.9 Å². The molecule has 0 radical (unpaired) electrons. The van der Waals surface area contributed by atoms with Crippen molar-refractivity contribution >= 4 is 40.0 Å². The van der Waals surface area contributed by atoms with E-state index in [9.17, 15) is 4.79 Å². The number of carbonyl (C=O) groups excluding carboxylic acids is 1. The average Bonchev–Trinajstić information content (AvgIpc) is 2.99. The summed E-state index contributed by atoms with van der Waals surface area (Å²) in [4.78, 5) is 15.8. The number of rotatable bonds is 2. The summed E-state index contributed by atoms with van der Waals surface area (Å²) < 4.78 is 0. The minimum absolute atomic E-state index is 0.0361. The molecule has 4 rings (SSSR count). The van der Waals surface area contributed by atoms with Crippen LogP contribution in [0.2, 0.25) is 10.0 Å². The first-order valence-corrected chi connectivity index (χ1v) is 8.86. The van der Waals surface area contributed by atoms with Gasteiger partial charge in [-0.1, -0.05) is 47.5 Å². The van der Waals surface area contributed by atoms with E-state index in [2.05, 4.69) is 21.7 Å². The second-order valence-corrected chi connectivity index (χ2v) is 7.04. The van der Waals surface area contributed by atoms with E-state index in [0.717, 1.165) is 27.7 Å². The molecule has 0 unspecified atom stereocenters. The largest absolute Gasteiger partial charge is 0.358 e. The number of hydrogen-bond donors (Lipinski definition) is 3. The van der Waals surface area contributed by atoms with Crippen molar-refractivity contribution in [2.24, 2.45) is 0 Å². The third-order valence-corrected chi connectivity index (χ3v) is 5.31. The lowest BCUT2D eigenvalue weighted by Crippen LogP contribution is -2.49. The lowest BCUT2D eigenvalue weighted by Gasteiger charge is -2.31. The van der Waals surface area contributed by atoms with E-state index in [4.69, 9.17) is 23.2 Å². The number of amides is 1. The molecular weight excluding hydrogens is 357 g/mol. The molecule has 1 aromatic heterocycles. The number of aromatic amines is 1. The van der Waals surface area contributed by atoms with Gasteiger partial charge in [-0.3, -0.25) is 10.1 Å². The van der Waals surface area contributed by atoms with E-state index >= 15 is 0 Å². The van der Waals surface area contributed by atoms with Gasteiger partial charge in [0.25, 0.3) is 0 Å². The number of benzene rings is 2. The molecule has 2 heterocycles. The van der Waals surface area contributed by atoms with Crippen LogP contribution >= 0.6 is 23.2 Å². The second-order valence-electron chi connectivity index (χ2n) is 6.20. The van der Waals surface area contributed by atoms with Gasteiger partial charge in [0.05, 0.1) is 12.1 Å². The smallest absolute Gasteiger partial charge is 0.237 e. The first kappa shape index (κ1) is 16.5. The van der Waals surface area contributed by atoms with Crippen molar-refractivity contribution in [2.45, 2.75) is 18.5 Å². The lowest BCUT2D eigenvalue weighted by atomic mass is 9.90. The fourth-order valence-corrected chi connectivity index (χ4v) is 4.08. The molecule has 1 aliphatic rings. The minimum Gasteiger partial charge on any atom is -0.358 e. The Bertz CT molecular complexity index is 966. The van der Waals surface area contributed by atoms with Gasteiger partial charge in [0, 0.05) is 33.7 Å². The van der Waals surface area contributed by atoms with Gasteiger partial charge in [-0.15, -0.1) is 0 Å². The van der Waals surface area contributed by atoms with Crippen molar-refractivity contribution in [1.29, 1.82) is 0 Å². The van der Waals surface area contributed by atoms with Crippen molar-refractivity contribution in [3.05, 3.63) is 69.3 Å². The molecule has 4 nitrogen and oxygen atoms in total. The Labute approximate surface area is 155 Å². The van der Waals surface area contributed by atoms with E-state index in [1.54, 1.807) is 13.1 Å². The number of carbonyl (C=O) groups is 1. The zero-order chi connectivity index (χ0) is 17.6. The summed E-state index contributed by atoms with van der Waals surface area (Å²) in [7, 11) is 1.65. The van der Waals surface area contributed by atoms with Crippen molar-refractivity contribution in [3.63, 3.8) is 0 Å². The molecule has 25 heavy (non-hydrogen) atoms. The summed E-state index contributed by atoms with van der Waals surface area (Å²) in [6.07, 6.45) is 0.626. The quantitative estimate of drug-likeness (QED) is 0.639. The number of para-hydroxylation sites is 1. The Morgan fingerprint density at radius 3 is 2.76 bits per heavy atom. The van der Waals surface area contributed by atoms with Crippen molar-refractivity contribution in [1.82, 2.24) is 15.6 Å². The van der Waals surface area contributed by atoms with E-state index in [1.165, 1.54) is 0 Å². The molecular formula is C19H17Cl2N3O. The Morgan fingerprint density at radius 1 is 1.20 bits per heavy atom. The predicted molar refractivity (Wildman–Crippen MR) is 101 cm³/mol. The van der Waals surface area contributed by atoms with Gasteiger partial charge in [-0.2, -0.15) is 0 Å². The Hall–Kier alpha value is -2.01. The van der Waals surface area contributed by atoms with Crippen LogP contribution in [0, 0.1) is 0 Å². The molecule has 1 amide bonds. The Kier molecular flexibility index (Phi) is 4.20. The zero-order valence-electron chi connectivity index (χ0n) is 13.6. The number of likely N-dealkylation sites (N-methyl/N-ethyl adjacent to an activating group) is 1. The van der Waals surface area contributed by atoms with Crippen LogP contribution in [0.4, 0.5) is 0 Å². The first-order valence-electron chi connectivity index (χ1n) is 8.10. The van der Waals surface area contributed by atoms with Crippen molar-refractivity contribution < 1.29 is 4.79 Å². The fourth-order valence-electron chi connectivity index (χ4n) is 3.56. The highest BCUT2D eigenvalue weighted by molar-refractivity contribution is 6.35. The summed E-state index contributed by atoms with van der Waals surface area (Å²) in [5.41, 5.74) is 4.15. The maximum atomic E-state index is 12.3. The predicted octanol–water partition coefficient (Wildman–Crippen LogP) is 3.82. The molecule has 2 aromatic carbocycles. The van der Waals surface area contributed by atoms with Crippen molar-refractivity contribution in [2.75, 3.05) is 7.05 Å². The maximum absolute atomic E-state index is 12.3. The van der Waals surface area contributed by atoms with Gasteiger partial charge >= 0.3 is 0 Å². The molecule has 3 N–H and O–H groups in total. The average molecular weight is 374 g/mol. The van der Waals surface area contributed by atoms with E-state index < -0.39 is 0 Å². The summed E-state index contributed by atoms with van der Waals surface area (Å²) >= 11 is 12.5. The lowest BCUT2D eigenvalue weighted by molar-refractivity contribution is -0.122. The number of aromatic nitrogens is 1. The monoisotopic (exact) mass is 373 g/mol. The molecule has 2 atom stereocenters. The highest BCUT2D eigenvalue weighted by atomic mass is 35.5. The first-order chi connectivity index (χ1) is 12.1. The van der Waals surface area contributed by atoms with Gasteiger partial charge in [0.1, 0.15) is 0 Å². The summed E-state index contributed by atoms with van der Waals surface area (Å²) in [5, 5.41) is 8.47. The molecule has 128 valence electrons. The highest BCUT2D eigenvalue weighted by Gasteiger charge is 2.34. The molecule has 0 bridgehead atoms. The normalized spacial score (nSPS) is 19.6. The van der Waals surface area contributed by atoms with Crippen LogP contribution < -0.4 is 10.6 Å². The van der Waals surface area contributed by atoms with Crippen molar-refractivity contribution in [3.8, 4) is 0 Å². The number of fused-ring (bicyclic) bond motifs is 3. The van der Waals surface area contributed by atoms with Crippen LogP contribution in [-0.4, -0.2) is 24.0 Å². The molecule has 0 fully saturated rings. The molecule has 1 aliphatic heterocycles. The minimum atomic E-state index is -0.326. The summed E-state index contributed by atoms with van der Waals surface area (Å²) in [5.74, 6) is -0.0361. The molecule has 0 saturated heterocycles. The maximum Gasteiger partial charge on any atom is 0.237 e. The molecule has 3 aromatic rings. The van der Waals surface area contributed by atoms with Gasteiger partial charge in [-0.25, -0.2) is 0 Å². The molecule has 6 heteroatoms.